The van der Waals surface area contributed by atoms with Crippen LogP contribution in [0.1, 0.15) is 16.7 Å². The minimum atomic E-state index is -0.0460. The fourth-order valence-corrected chi connectivity index (χ4v) is 3.71. The van der Waals surface area contributed by atoms with Gasteiger partial charge in [0.15, 0.2) is 0 Å². The second kappa shape index (κ2) is 5.81. The predicted octanol–water partition coefficient (Wildman–Crippen LogP) is 4.50. The molecule has 3 aromatic rings. The molecule has 3 heteroatoms. The molecule has 0 spiro atoms. The van der Waals surface area contributed by atoms with Crippen molar-refractivity contribution < 1.29 is 4.79 Å². The minimum absolute atomic E-state index is 0.0460. The predicted molar refractivity (Wildman–Crippen MR) is 103 cm³/mol. The van der Waals surface area contributed by atoms with Gasteiger partial charge >= 0.3 is 0 Å². The van der Waals surface area contributed by atoms with Crippen LogP contribution >= 0.6 is 0 Å². The molecular formula is C23H16N2O. The standard InChI is InChI=1S/C23H16N2O/c26-23-22(24-15-25(23)14-16-8-2-1-3-9-16)21-19-12-6-4-10-17(19)18-11-5-7-13-20(18)21/h1-13,15H,14H2. The van der Waals surface area contributed by atoms with Crippen LogP contribution in [-0.2, 0) is 11.3 Å². The molecule has 1 amide bonds. The number of aliphatic imine (C=N–C) groups is 1. The number of rotatable bonds is 2. The van der Waals surface area contributed by atoms with Crippen molar-refractivity contribution in [2.45, 2.75) is 6.54 Å². The fraction of sp³-hybridized carbons (Fsp3) is 0.0435. The van der Waals surface area contributed by atoms with E-state index in [0.717, 1.165) is 33.4 Å². The molecule has 5 rings (SSSR count). The number of nitrogens with zero attached hydrogens (tertiary/aromatic N) is 2. The summed E-state index contributed by atoms with van der Waals surface area (Å²) in [4.78, 5) is 19.2. The molecule has 1 aliphatic carbocycles. The Morgan fingerprint density at radius 3 is 1.85 bits per heavy atom. The summed E-state index contributed by atoms with van der Waals surface area (Å²) in [7, 11) is 0. The van der Waals surface area contributed by atoms with E-state index in [1.807, 2.05) is 54.6 Å². The smallest absolute Gasteiger partial charge is 0.278 e. The lowest BCUT2D eigenvalue weighted by molar-refractivity contribution is -0.122. The molecule has 0 saturated heterocycles. The average molecular weight is 336 g/mol. The molecule has 124 valence electrons. The Labute approximate surface area is 151 Å². The minimum Gasteiger partial charge on any atom is -0.293 e. The van der Waals surface area contributed by atoms with Gasteiger partial charge in [-0.05, 0) is 27.8 Å². The summed E-state index contributed by atoms with van der Waals surface area (Å²) in [6.45, 7) is 0.531. The normalized spacial score (nSPS) is 14.8. The van der Waals surface area contributed by atoms with Crippen molar-refractivity contribution in [1.82, 2.24) is 4.90 Å². The number of hydrogen-bond acceptors (Lipinski definition) is 2. The van der Waals surface area contributed by atoms with Gasteiger partial charge in [0.05, 0.1) is 12.9 Å². The number of carbonyl (C=O) groups is 1. The van der Waals surface area contributed by atoms with Gasteiger partial charge in [0.25, 0.3) is 5.91 Å². The largest absolute Gasteiger partial charge is 0.293 e. The van der Waals surface area contributed by atoms with Gasteiger partial charge in [-0.3, -0.25) is 9.69 Å². The molecule has 26 heavy (non-hydrogen) atoms. The van der Waals surface area contributed by atoms with E-state index in [2.05, 4.69) is 29.3 Å². The van der Waals surface area contributed by atoms with E-state index in [4.69, 9.17) is 0 Å². The lowest BCUT2D eigenvalue weighted by Gasteiger charge is -2.13. The molecule has 1 aliphatic heterocycles. The zero-order valence-corrected chi connectivity index (χ0v) is 14.1. The Morgan fingerprint density at radius 1 is 0.692 bits per heavy atom. The summed E-state index contributed by atoms with van der Waals surface area (Å²) >= 11 is 0. The zero-order chi connectivity index (χ0) is 17.5. The molecule has 0 N–H and O–H groups in total. The second-order valence-corrected chi connectivity index (χ2v) is 6.48. The van der Waals surface area contributed by atoms with Crippen LogP contribution in [0, 0.1) is 0 Å². The van der Waals surface area contributed by atoms with Gasteiger partial charge in [-0.15, -0.1) is 0 Å². The first-order valence-corrected chi connectivity index (χ1v) is 8.65. The van der Waals surface area contributed by atoms with Crippen LogP contribution in [0.5, 0.6) is 0 Å². The van der Waals surface area contributed by atoms with E-state index >= 15 is 0 Å². The first-order chi connectivity index (χ1) is 12.8. The third-order valence-corrected chi connectivity index (χ3v) is 4.91. The van der Waals surface area contributed by atoms with E-state index in [1.54, 1.807) is 11.2 Å². The quantitative estimate of drug-likeness (QED) is 0.496. The van der Waals surface area contributed by atoms with Crippen molar-refractivity contribution in [3.63, 3.8) is 0 Å². The zero-order valence-electron chi connectivity index (χ0n) is 14.1. The Hall–Kier alpha value is -3.46. The monoisotopic (exact) mass is 336 g/mol. The summed E-state index contributed by atoms with van der Waals surface area (Å²) in [5.74, 6) is -0.0460. The first kappa shape index (κ1) is 14.8. The third-order valence-electron chi connectivity index (χ3n) is 4.91. The Bertz CT molecular complexity index is 1030. The maximum Gasteiger partial charge on any atom is 0.278 e. The highest BCUT2D eigenvalue weighted by atomic mass is 16.2. The van der Waals surface area contributed by atoms with Crippen LogP contribution < -0.4 is 0 Å². The summed E-state index contributed by atoms with van der Waals surface area (Å²) < 4.78 is 0. The Morgan fingerprint density at radius 2 is 1.23 bits per heavy atom. The van der Waals surface area contributed by atoms with Crippen LogP contribution in [0.3, 0.4) is 0 Å². The average Bonchev–Trinajstić information content (AvgIpc) is 3.21. The molecule has 0 fully saturated rings. The van der Waals surface area contributed by atoms with Gasteiger partial charge in [0.2, 0.25) is 0 Å². The molecule has 0 unspecified atom stereocenters. The Kier molecular flexibility index (Phi) is 3.32. The van der Waals surface area contributed by atoms with E-state index in [0.29, 0.717) is 12.2 Å². The topological polar surface area (TPSA) is 32.7 Å². The Balaban J connectivity index is 1.60. The van der Waals surface area contributed by atoms with E-state index in [9.17, 15) is 4.79 Å². The van der Waals surface area contributed by atoms with Crippen molar-refractivity contribution in [2.24, 2.45) is 4.99 Å². The maximum absolute atomic E-state index is 13.1. The second-order valence-electron chi connectivity index (χ2n) is 6.48. The fourth-order valence-electron chi connectivity index (χ4n) is 3.71. The van der Waals surface area contributed by atoms with Gasteiger partial charge in [-0.2, -0.15) is 0 Å². The van der Waals surface area contributed by atoms with Crippen molar-refractivity contribution in [1.29, 1.82) is 0 Å². The molecular weight excluding hydrogens is 320 g/mol. The molecule has 0 aromatic heterocycles. The highest BCUT2D eigenvalue weighted by Gasteiger charge is 2.32. The molecule has 0 saturated carbocycles. The lowest BCUT2D eigenvalue weighted by atomic mass is 10.0. The number of hydrogen-bond donors (Lipinski definition) is 0. The van der Waals surface area contributed by atoms with E-state index in [1.165, 1.54) is 0 Å². The number of fused-ring (bicyclic) bond motifs is 3. The lowest BCUT2D eigenvalue weighted by Crippen LogP contribution is -2.25. The van der Waals surface area contributed by atoms with Gasteiger partial charge in [-0.25, -0.2) is 4.99 Å². The maximum atomic E-state index is 13.1. The SMILES string of the molecule is O=C1C(=C2c3ccccc3-c3ccccc32)N=CN1Cc1ccccc1. The van der Waals surface area contributed by atoms with Crippen LogP contribution in [0.25, 0.3) is 16.7 Å². The molecule has 1 heterocycles. The number of carbonyl (C=O) groups excluding carboxylic acids is 1. The van der Waals surface area contributed by atoms with Gasteiger partial charge in [0, 0.05) is 5.57 Å². The molecule has 2 aliphatic rings. The van der Waals surface area contributed by atoms with Crippen LogP contribution in [0.2, 0.25) is 0 Å². The summed E-state index contributed by atoms with van der Waals surface area (Å²) in [5, 5.41) is 0. The molecule has 3 nitrogen and oxygen atoms in total. The summed E-state index contributed by atoms with van der Waals surface area (Å²) in [5.41, 5.74) is 7.04. The number of benzene rings is 3. The van der Waals surface area contributed by atoms with E-state index in [-0.39, 0.29) is 5.91 Å². The van der Waals surface area contributed by atoms with Crippen LogP contribution in [-0.4, -0.2) is 17.1 Å². The first-order valence-electron chi connectivity index (χ1n) is 8.65. The van der Waals surface area contributed by atoms with Crippen molar-refractivity contribution >= 4 is 17.8 Å². The van der Waals surface area contributed by atoms with Gasteiger partial charge < -0.3 is 0 Å². The van der Waals surface area contributed by atoms with Crippen LogP contribution in [0.15, 0.2) is 89.6 Å². The van der Waals surface area contributed by atoms with Crippen LogP contribution in [0.4, 0.5) is 0 Å². The summed E-state index contributed by atoms with van der Waals surface area (Å²) in [6.07, 6.45) is 1.65. The molecule has 0 bridgehead atoms. The highest BCUT2D eigenvalue weighted by Crippen LogP contribution is 2.46. The number of amides is 1. The highest BCUT2D eigenvalue weighted by molar-refractivity contribution is 6.16. The van der Waals surface area contributed by atoms with Crippen molar-refractivity contribution in [3.8, 4) is 11.1 Å². The third kappa shape index (κ3) is 2.21. The van der Waals surface area contributed by atoms with Crippen molar-refractivity contribution in [3.05, 3.63) is 101 Å². The molecule has 3 aromatic carbocycles. The molecule has 0 atom stereocenters. The van der Waals surface area contributed by atoms with Crippen molar-refractivity contribution in [2.75, 3.05) is 0 Å². The van der Waals surface area contributed by atoms with Gasteiger partial charge in [0.1, 0.15) is 5.70 Å². The van der Waals surface area contributed by atoms with E-state index < -0.39 is 0 Å². The van der Waals surface area contributed by atoms with Gasteiger partial charge in [-0.1, -0.05) is 78.9 Å². The molecule has 0 radical (unpaired) electrons. The summed E-state index contributed by atoms with van der Waals surface area (Å²) in [6, 6.07) is 26.4.